The van der Waals surface area contributed by atoms with Crippen LogP contribution < -0.4 is 5.32 Å². The van der Waals surface area contributed by atoms with Crippen LogP contribution in [0.5, 0.6) is 0 Å². The van der Waals surface area contributed by atoms with Crippen molar-refractivity contribution in [1.29, 1.82) is 0 Å². The van der Waals surface area contributed by atoms with Crippen LogP contribution in [0.4, 0.5) is 5.69 Å². The molecule has 7 nitrogen and oxygen atoms in total. The van der Waals surface area contributed by atoms with Gasteiger partial charge in [-0.25, -0.2) is 4.98 Å². The molecule has 0 saturated carbocycles. The number of benzene rings is 1. The third kappa shape index (κ3) is 3.18. The van der Waals surface area contributed by atoms with Crippen LogP contribution in [-0.2, 0) is 0 Å². The molecule has 0 aliphatic heterocycles. The Hall–Kier alpha value is -2.28. The van der Waals surface area contributed by atoms with Gasteiger partial charge in [-0.1, -0.05) is 19.1 Å². The maximum atomic E-state index is 10.8. The number of rotatable bonds is 6. The summed E-state index contributed by atoms with van der Waals surface area (Å²) in [7, 11) is 0. The van der Waals surface area contributed by atoms with Crippen molar-refractivity contribution in [1.82, 2.24) is 20.5 Å². The van der Waals surface area contributed by atoms with Gasteiger partial charge in [-0.15, -0.1) is 0 Å². The van der Waals surface area contributed by atoms with E-state index in [2.05, 4.69) is 20.5 Å². The topological polar surface area (TPSA) is 96.7 Å². The highest BCUT2D eigenvalue weighted by molar-refractivity contribution is 5.35. The molecule has 7 heteroatoms. The number of aromatic nitrogens is 3. The van der Waals surface area contributed by atoms with E-state index < -0.39 is 0 Å². The Bertz CT molecular complexity index is 570. The summed E-state index contributed by atoms with van der Waals surface area (Å²) in [6.45, 7) is 4.00. The van der Waals surface area contributed by atoms with Gasteiger partial charge >= 0.3 is 0 Å². The first kappa shape index (κ1) is 14.1. The van der Waals surface area contributed by atoms with Crippen molar-refractivity contribution in [2.24, 2.45) is 0 Å². The summed E-state index contributed by atoms with van der Waals surface area (Å²) in [5, 5.41) is 20.9. The van der Waals surface area contributed by atoms with E-state index in [1.54, 1.807) is 12.1 Å². The first-order chi connectivity index (χ1) is 9.61. The molecule has 0 aliphatic rings. The van der Waals surface area contributed by atoms with Gasteiger partial charge in [0.25, 0.3) is 5.69 Å². The molecule has 0 aliphatic carbocycles. The average molecular weight is 275 g/mol. The lowest BCUT2D eigenvalue weighted by Gasteiger charge is -2.21. The van der Waals surface area contributed by atoms with Crippen molar-refractivity contribution in [3.05, 3.63) is 52.1 Å². The fourth-order valence-corrected chi connectivity index (χ4v) is 2.11. The molecule has 2 unspecified atom stereocenters. The van der Waals surface area contributed by atoms with E-state index in [0.29, 0.717) is 0 Å². The van der Waals surface area contributed by atoms with E-state index in [4.69, 9.17) is 0 Å². The number of nitro groups is 1. The van der Waals surface area contributed by atoms with E-state index in [9.17, 15) is 10.1 Å². The lowest BCUT2D eigenvalue weighted by atomic mass is 10.0. The summed E-state index contributed by atoms with van der Waals surface area (Å²) in [5.41, 5.74) is 1.00. The van der Waals surface area contributed by atoms with Gasteiger partial charge in [0, 0.05) is 18.2 Å². The SMILES string of the molecule is CCC(NC(C)c1ncn[nH]1)c1cccc([N+](=O)[O-])c1. The van der Waals surface area contributed by atoms with Crippen LogP contribution in [0, 0.1) is 10.1 Å². The normalized spacial score (nSPS) is 13.9. The summed E-state index contributed by atoms with van der Waals surface area (Å²) in [6, 6.07) is 6.71. The molecule has 2 atom stereocenters. The molecule has 1 aromatic carbocycles. The molecule has 0 fully saturated rings. The summed E-state index contributed by atoms with van der Waals surface area (Å²) < 4.78 is 0. The van der Waals surface area contributed by atoms with Crippen molar-refractivity contribution in [3.8, 4) is 0 Å². The predicted octanol–water partition coefficient (Wildman–Crippen LogP) is 2.51. The van der Waals surface area contributed by atoms with Crippen molar-refractivity contribution in [3.63, 3.8) is 0 Å². The number of nitrogens with zero attached hydrogens (tertiary/aromatic N) is 3. The van der Waals surface area contributed by atoms with Gasteiger partial charge in [0.05, 0.1) is 11.0 Å². The number of non-ortho nitro benzene ring substituents is 1. The largest absolute Gasteiger partial charge is 0.301 e. The molecular weight excluding hydrogens is 258 g/mol. The molecule has 106 valence electrons. The van der Waals surface area contributed by atoms with E-state index in [1.807, 2.05) is 19.9 Å². The van der Waals surface area contributed by atoms with Crippen molar-refractivity contribution < 1.29 is 4.92 Å². The van der Waals surface area contributed by atoms with Crippen LogP contribution in [-0.4, -0.2) is 20.1 Å². The molecular formula is C13H17N5O2. The van der Waals surface area contributed by atoms with E-state index in [-0.39, 0.29) is 22.7 Å². The first-order valence-corrected chi connectivity index (χ1v) is 6.47. The lowest BCUT2D eigenvalue weighted by molar-refractivity contribution is -0.384. The van der Waals surface area contributed by atoms with Crippen molar-refractivity contribution >= 4 is 5.69 Å². The van der Waals surface area contributed by atoms with E-state index in [0.717, 1.165) is 17.8 Å². The average Bonchev–Trinajstić information content (AvgIpc) is 2.99. The van der Waals surface area contributed by atoms with Gasteiger partial charge in [0.2, 0.25) is 0 Å². The van der Waals surface area contributed by atoms with E-state index >= 15 is 0 Å². The predicted molar refractivity (Wildman–Crippen MR) is 74.1 cm³/mol. The fraction of sp³-hybridized carbons (Fsp3) is 0.385. The molecule has 0 spiro atoms. The number of aromatic amines is 1. The van der Waals surface area contributed by atoms with Crippen LogP contribution >= 0.6 is 0 Å². The van der Waals surface area contributed by atoms with Crippen LogP contribution in [0.3, 0.4) is 0 Å². The van der Waals surface area contributed by atoms with Gasteiger partial charge in [-0.05, 0) is 18.9 Å². The second-order valence-corrected chi connectivity index (χ2v) is 4.57. The van der Waals surface area contributed by atoms with Gasteiger partial charge in [-0.2, -0.15) is 5.10 Å². The monoisotopic (exact) mass is 275 g/mol. The highest BCUT2D eigenvalue weighted by Gasteiger charge is 2.17. The minimum absolute atomic E-state index is 0.0123. The molecule has 2 N–H and O–H groups in total. The Balaban J connectivity index is 2.15. The molecule has 0 radical (unpaired) electrons. The van der Waals surface area contributed by atoms with Gasteiger partial charge < -0.3 is 5.32 Å². The zero-order chi connectivity index (χ0) is 14.5. The highest BCUT2D eigenvalue weighted by Crippen LogP contribution is 2.23. The van der Waals surface area contributed by atoms with Crippen molar-refractivity contribution in [2.45, 2.75) is 32.4 Å². The van der Waals surface area contributed by atoms with Crippen LogP contribution in [0.1, 0.15) is 43.7 Å². The van der Waals surface area contributed by atoms with Crippen LogP contribution in [0.2, 0.25) is 0 Å². The maximum Gasteiger partial charge on any atom is 0.269 e. The Morgan fingerprint density at radius 1 is 1.50 bits per heavy atom. The quantitative estimate of drug-likeness (QED) is 0.623. The second-order valence-electron chi connectivity index (χ2n) is 4.57. The highest BCUT2D eigenvalue weighted by atomic mass is 16.6. The Kier molecular flexibility index (Phi) is 4.41. The first-order valence-electron chi connectivity index (χ1n) is 6.47. The third-order valence-electron chi connectivity index (χ3n) is 3.19. The molecule has 0 saturated heterocycles. The number of nitro benzene ring substituents is 1. The number of nitrogens with one attached hydrogen (secondary N) is 2. The molecule has 20 heavy (non-hydrogen) atoms. The summed E-state index contributed by atoms with van der Waals surface area (Å²) >= 11 is 0. The Labute approximate surface area is 116 Å². The zero-order valence-corrected chi connectivity index (χ0v) is 11.4. The number of hydrogen-bond acceptors (Lipinski definition) is 5. The van der Waals surface area contributed by atoms with E-state index in [1.165, 1.54) is 12.4 Å². The maximum absolute atomic E-state index is 10.8. The molecule has 1 aromatic heterocycles. The molecule has 2 rings (SSSR count). The second kappa shape index (κ2) is 6.25. The smallest absolute Gasteiger partial charge is 0.269 e. The number of H-pyrrole nitrogens is 1. The zero-order valence-electron chi connectivity index (χ0n) is 11.4. The minimum atomic E-state index is -0.379. The molecule has 0 bridgehead atoms. The number of hydrogen-bond donors (Lipinski definition) is 2. The van der Waals surface area contributed by atoms with Crippen molar-refractivity contribution in [2.75, 3.05) is 0 Å². The fourth-order valence-electron chi connectivity index (χ4n) is 2.11. The third-order valence-corrected chi connectivity index (χ3v) is 3.19. The standard InChI is InChI=1S/C13H17N5O2/c1-3-12(16-9(2)13-14-8-15-17-13)10-5-4-6-11(7-10)18(19)20/h4-9,12,16H,3H2,1-2H3,(H,14,15,17). The summed E-state index contributed by atoms with van der Waals surface area (Å²) in [4.78, 5) is 14.6. The van der Waals surface area contributed by atoms with Crippen LogP contribution in [0.25, 0.3) is 0 Å². The summed E-state index contributed by atoms with van der Waals surface area (Å²) in [5.74, 6) is 0.744. The Morgan fingerprint density at radius 2 is 2.30 bits per heavy atom. The summed E-state index contributed by atoms with van der Waals surface area (Å²) in [6.07, 6.45) is 2.28. The lowest BCUT2D eigenvalue weighted by Crippen LogP contribution is -2.25. The molecule has 2 aromatic rings. The van der Waals surface area contributed by atoms with Crippen LogP contribution in [0.15, 0.2) is 30.6 Å². The Morgan fingerprint density at radius 3 is 2.90 bits per heavy atom. The van der Waals surface area contributed by atoms with Gasteiger partial charge in [-0.3, -0.25) is 15.2 Å². The van der Waals surface area contributed by atoms with Gasteiger partial charge in [0.15, 0.2) is 0 Å². The molecule has 1 heterocycles. The minimum Gasteiger partial charge on any atom is -0.301 e. The molecule has 0 amide bonds. The van der Waals surface area contributed by atoms with Gasteiger partial charge in [0.1, 0.15) is 12.2 Å².